The van der Waals surface area contributed by atoms with Crippen LogP contribution in [0.15, 0.2) is 24.3 Å². The van der Waals surface area contributed by atoms with Gasteiger partial charge in [-0.15, -0.1) is 0 Å². The lowest BCUT2D eigenvalue weighted by Gasteiger charge is -2.32. The fourth-order valence-electron chi connectivity index (χ4n) is 4.15. The van der Waals surface area contributed by atoms with E-state index in [0.29, 0.717) is 17.2 Å². The highest BCUT2D eigenvalue weighted by Crippen LogP contribution is 2.50. The van der Waals surface area contributed by atoms with Gasteiger partial charge in [0.25, 0.3) is 0 Å². The number of hydrogen-bond donors (Lipinski definition) is 1. The lowest BCUT2D eigenvalue weighted by atomic mass is 9.78. The number of nitrogens with zero attached hydrogens (tertiary/aromatic N) is 1. The minimum absolute atomic E-state index is 0.211. The second-order valence-electron chi connectivity index (χ2n) is 6.85. The van der Waals surface area contributed by atoms with Crippen LogP contribution in [-0.2, 0) is 19.1 Å². The summed E-state index contributed by atoms with van der Waals surface area (Å²) in [5, 5.41) is 3.93. The molecule has 27 heavy (non-hydrogen) atoms. The van der Waals surface area contributed by atoms with Gasteiger partial charge in [-0.3, -0.25) is 24.6 Å². The summed E-state index contributed by atoms with van der Waals surface area (Å²) < 4.78 is 5.34. The topological polar surface area (TPSA) is 75.7 Å². The van der Waals surface area contributed by atoms with E-state index in [2.05, 4.69) is 5.32 Å². The van der Waals surface area contributed by atoms with E-state index in [0.717, 1.165) is 10.5 Å². The highest BCUT2D eigenvalue weighted by molar-refractivity contribution is 7.98. The summed E-state index contributed by atoms with van der Waals surface area (Å²) in [4.78, 5) is 40.0. The van der Waals surface area contributed by atoms with Gasteiger partial charge in [-0.25, -0.2) is 0 Å². The Kier molecular flexibility index (Phi) is 5.84. The zero-order chi connectivity index (χ0) is 19.8. The van der Waals surface area contributed by atoms with Crippen LogP contribution in [0.3, 0.4) is 0 Å². The number of imide groups is 1. The van der Waals surface area contributed by atoms with E-state index >= 15 is 0 Å². The van der Waals surface area contributed by atoms with Gasteiger partial charge in [0.1, 0.15) is 5.54 Å². The standard InChI is InChI=1S/C19H23ClN2O4S/c1-4-26-18(25)19(9-10-27-3)14-13(16(23)22(2)17(14)24)15(21-19)11-5-7-12(20)8-6-11/h5-8,13-15,21H,4,9-10H2,1-3H3/t13-,14+,15-,19+/m0/s1. The van der Waals surface area contributed by atoms with Gasteiger partial charge in [-0.2, -0.15) is 11.8 Å². The second kappa shape index (κ2) is 7.81. The van der Waals surface area contributed by atoms with Crippen LogP contribution in [0.5, 0.6) is 0 Å². The number of carbonyl (C=O) groups excluding carboxylic acids is 3. The number of halogens is 1. The molecule has 0 saturated carbocycles. The fraction of sp³-hybridized carbons (Fsp3) is 0.526. The SMILES string of the molecule is CCOC(=O)[C@]1(CCSC)N[C@@H](c2ccc(Cl)cc2)[C@H]2C(=O)N(C)C(=O)[C@@H]21. The van der Waals surface area contributed by atoms with Crippen molar-refractivity contribution in [1.82, 2.24) is 10.2 Å². The molecule has 2 fully saturated rings. The second-order valence-corrected chi connectivity index (χ2v) is 8.27. The molecule has 1 aromatic carbocycles. The Morgan fingerprint density at radius 2 is 1.96 bits per heavy atom. The molecule has 146 valence electrons. The van der Waals surface area contributed by atoms with E-state index in [4.69, 9.17) is 16.3 Å². The fourth-order valence-corrected chi connectivity index (χ4v) is 4.80. The molecule has 0 radical (unpaired) electrons. The van der Waals surface area contributed by atoms with Crippen LogP contribution in [0.2, 0.25) is 5.02 Å². The van der Waals surface area contributed by atoms with Crippen molar-refractivity contribution >= 4 is 41.1 Å². The summed E-state index contributed by atoms with van der Waals surface area (Å²) in [5.74, 6) is -1.83. The smallest absolute Gasteiger partial charge is 0.327 e. The zero-order valence-electron chi connectivity index (χ0n) is 15.5. The number of ether oxygens (including phenoxy) is 1. The van der Waals surface area contributed by atoms with E-state index in [-0.39, 0.29) is 18.4 Å². The normalized spacial score (nSPS) is 29.9. The Morgan fingerprint density at radius 3 is 2.56 bits per heavy atom. The van der Waals surface area contributed by atoms with Gasteiger partial charge in [0.15, 0.2) is 0 Å². The van der Waals surface area contributed by atoms with Crippen LogP contribution in [0.25, 0.3) is 0 Å². The van der Waals surface area contributed by atoms with Crippen LogP contribution < -0.4 is 5.32 Å². The number of carbonyl (C=O) groups is 3. The number of nitrogens with one attached hydrogen (secondary N) is 1. The van der Waals surface area contributed by atoms with Gasteiger partial charge in [-0.1, -0.05) is 23.7 Å². The average molecular weight is 411 g/mol. The van der Waals surface area contributed by atoms with E-state index in [1.807, 2.05) is 18.4 Å². The van der Waals surface area contributed by atoms with E-state index in [1.165, 1.54) is 7.05 Å². The zero-order valence-corrected chi connectivity index (χ0v) is 17.1. The number of likely N-dealkylation sites (tertiary alicyclic amines) is 1. The third-order valence-electron chi connectivity index (χ3n) is 5.44. The molecule has 4 atom stereocenters. The van der Waals surface area contributed by atoms with Crippen molar-refractivity contribution in [1.29, 1.82) is 0 Å². The highest BCUT2D eigenvalue weighted by atomic mass is 35.5. The maximum absolute atomic E-state index is 13.0. The molecule has 1 N–H and O–H groups in total. The van der Waals surface area contributed by atoms with Crippen molar-refractivity contribution < 1.29 is 19.1 Å². The molecule has 0 aliphatic carbocycles. The summed E-state index contributed by atoms with van der Waals surface area (Å²) in [6.07, 6.45) is 2.35. The van der Waals surface area contributed by atoms with Gasteiger partial charge in [0.2, 0.25) is 11.8 Å². The summed E-state index contributed by atoms with van der Waals surface area (Å²) in [6.45, 7) is 1.94. The number of thioether (sulfide) groups is 1. The Hall–Kier alpha value is -1.57. The molecule has 2 saturated heterocycles. The van der Waals surface area contributed by atoms with Crippen molar-refractivity contribution in [2.24, 2.45) is 11.8 Å². The quantitative estimate of drug-likeness (QED) is 0.572. The molecule has 2 heterocycles. The number of rotatable bonds is 6. The number of benzene rings is 1. The van der Waals surface area contributed by atoms with Crippen LogP contribution in [0, 0.1) is 11.8 Å². The third kappa shape index (κ3) is 3.26. The Balaban J connectivity index is 2.10. The van der Waals surface area contributed by atoms with E-state index in [1.54, 1.807) is 30.8 Å². The van der Waals surface area contributed by atoms with Crippen molar-refractivity contribution in [3.63, 3.8) is 0 Å². The van der Waals surface area contributed by atoms with E-state index < -0.39 is 29.4 Å². The molecule has 2 amide bonds. The molecule has 3 rings (SSSR count). The monoisotopic (exact) mass is 410 g/mol. The maximum atomic E-state index is 13.0. The van der Waals surface area contributed by atoms with E-state index in [9.17, 15) is 14.4 Å². The Labute approximate surface area is 167 Å². The number of hydrogen-bond acceptors (Lipinski definition) is 6. The van der Waals surface area contributed by atoms with Crippen LogP contribution in [0.1, 0.15) is 24.9 Å². The Bertz CT molecular complexity index is 757. The lowest BCUT2D eigenvalue weighted by molar-refractivity contribution is -0.156. The summed E-state index contributed by atoms with van der Waals surface area (Å²) in [5.41, 5.74) is -0.396. The first kappa shape index (κ1) is 20.2. The molecular formula is C19H23ClN2O4S. The maximum Gasteiger partial charge on any atom is 0.327 e. The molecule has 0 aromatic heterocycles. The minimum atomic E-state index is -1.22. The molecular weight excluding hydrogens is 388 g/mol. The summed E-state index contributed by atoms with van der Waals surface area (Å²) in [6, 6.07) is 6.67. The van der Waals surface area contributed by atoms with Crippen molar-refractivity contribution in [3.8, 4) is 0 Å². The third-order valence-corrected chi connectivity index (χ3v) is 6.31. The van der Waals surface area contributed by atoms with Gasteiger partial charge < -0.3 is 4.74 Å². The molecule has 2 aliphatic heterocycles. The van der Waals surface area contributed by atoms with Gasteiger partial charge >= 0.3 is 5.97 Å². The first-order chi connectivity index (χ1) is 12.9. The number of esters is 1. The molecule has 1 aromatic rings. The van der Waals surface area contributed by atoms with Crippen molar-refractivity contribution in [2.75, 3.05) is 25.7 Å². The first-order valence-electron chi connectivity index (χ1n) is 8.88. The lowest BCUT2D eigenvalue weighted by Crippen LogP contribution is -2.56. The molecule has 2 aliphatic rings. The minimum Gasteiger partial charge on any atom is -0.465 e. The number of amides is 2. The molecule has 0 bridgehead atoms. The molecule has 8 heteroatoms. The van der Waals surface area contributed by atoms with Crippen LogP contribution >= 0.6 is 23.4 Å². The predicted molar refractivity (Wildman–Crippen MR) is 104 cm³/mol. The predicted octanol–water partition coefficient (Wildman–Crippen LogP) is 2.27. The average Bonchev–Trinajstić information content (AvgIpc) is 3.11. The van der Waals surface area contributed by atoms with Gasteiger partial charge in [-0.05, 0) is 43.0 Å². The van der Waals surface area contributed by atoms with Crippen LogP contribution in [0.4, 0.5) is 0 Å². The summed E-state index contributed by atoms with van der Waals surface area (Å²) in [7, 11) is 1.48. The largest absolute Gasteiger partial charge is 0.465 e. The highest BCUT2D eigenvalue weighted by Gasteiger charge is 2.67. The summed E-state index contributed by atoms with van der Waals surface area (Å²) >= 11 is 7.58. The molecule has 6 nitrogen and oxygen atoms in total. The van der Waals surface area contributed by atoms with Crippen molar-refractivity contribution in [3.05, 3.63) is 34.9 Å². The number of fused-ring (bicyclic) bond motifs is 1. The Morgan fingerprint density at radius 1 is 1.30 bits per heavy atom. The van der Waals surface area contributed by atoms with Gasteiger partial charge in [0, 0.05) is 18.1 Å². The van der Waals surface area contributed by atoms with Crippen molar-refractivity contribution in [2.45, 2.75) is 24.9 Å². The first-order valence-corrected chi connectivity index (χ1v) is 10.6. The molecule has 0 spiro atoms. The van der Waals surface area contributed by atoms with Gasteiger partial charge in [0.05, 0.1) is 18.4 Å². The molecule has 0 unspecified atom stereocenters. The van der Waals surface area contributed by atoms with Crippen LogP contribution in [-0.4, -0.2) is 53.9 Å².